The van der Waals surface area contributed by atoms with E-state index in [1.165, 1.54) is 18.0 Å². The molecule has 0 fully saturated rings. The predicted octanol–water partition coefficient (Wildman–Crippen LogP) is 1.08. The first-order valence-corrected chi connectivity index (χ1v) is 7.32. The molecule has 0 aliphatic heterocycles. The number of thioether (sulfide) groups is 1. The molecule has 20 heavy (non-hydrogen) atoms. The molecule has 5 N–H and O–H groups in total. The van der Waals surface area contributed by atoms with Gasteiger partial charge in [0.2, 0.25) is 0 Å². The van der Waals surface area contributed by atoms with Gasteiger partial charge in [-0.25, -0.2) is 9.97 Å². The van der Waals surface area contributed by atoms with Gasteiger partial charge in [0.25, 0.3) is 0 Å². The number of nitrogen functional groups attached to an aromatic ring is 1. The number of benzene rings is 1. The van der Waals surface area contributed by atoms with Gasteiger partial charge in [-0.05, 0) is 12.0 Å². The molecule has 0 spiro atoms. The number of rotatable bonds is 6. The zero-order valence-electron chi connectivity index (χ0n) is 11.0. The van der Waals surface area contributed by atoms with Crippen molar-refractivity contribution in [3.8, 4) is 0 Å². The third-order valence-corrected chi connectivity index (χ3v) is 3.99. The summed E-state index contributed by atoms with van der Waals surface area (Å²) >= 11 is 1.37. The van der Waals surface area contributed by atoms with Crippen LogP contribution in [-0.2, 0) is 6.42 Å². The van der Waals surface area contributed by atoms with Crippen molar-refractivity contribution in [1.29, 1.82) is 0 Å². The summed E-state index contributed by atoms with van der Waals surface area (Å²) in [5, 5.41) is 10.7. The normalized spacial score (nSPS) is 13.9. The molecule has 0 radical (unpaired) electrons. The molecule has 1 aromatic heterocycles. The summed E-state index contributed by atoms with van der Waals surface area (Å²) in [6.45, 7) is 0. The largest absolute Gasteiger partial charge is 0.391 e. The van der Waals surface area contributed by atoms with Gasteiger partial charge < -0.3 is 16.6 Å². The van der Waals surface area contributed by atoms with Crippen molar-refractivity contribution < 1.29 is 5.11 Å². The van der Waals surface area contributed by atoms with Crippen LogP contribution in [0.25, 0.3) is 0 Å². The number of hydrogen-bond donors (Lipinski definition) is 3. The van der Waals surface area contributed by atoms with Crippen molar-refractivity contribution in [3.05, 3.63) is 48.3 Å². The van der Waals surface area contributed by atoms with E-state index in [0.717, 1.165) is 5.56 Å². The van der Waals surface area contributed by atoms with Crippen LogP contribution in [0.4, 0.5) is 5.82 Å². The molecule has 0 aliphatic rings. The van der Waals surface area contributed by atoms with Gasteiger partial charge in [0.05, 0.1) is 6.10 Å². The summed E-state index contributed by atoms with van der Waals surface area (Å²) in [6.07, 6.45) is 3.13. The minimum Gasteiger partial charge on any atom is -0.391 e. The molecule has 2 aromatic rings. The van der Waals surface area contributed by atoms with E-state index >= 15 is 0 Å². The number of aliphatic hydroxyl groups is 1. The van der Waals surface area contributed by atoms with E-state index < -0.39 is 6.10 Å². The summed E-state index contributed by atoms with van der Waals surface area (Å²) < 4.78 is 0. The molecule has 0 bridgehead atoms. The molecular formula is C14H18N4OS. The lowest BCUT2D eigenvalue weighted by Gasteiger charge is -2.18. The maximum Gasteiger partial charge on any atom is 0.156 e. The smallest absolute Gasteiger partial charge is 0.156 e. The SMILES string of the molecule is Nc1nccnc1SCC(O)C(N)Cc1ccccc1. The first-order valence-electron chi connectivity index (χ1n) is 6.33. The topological polar surface area (TPSA) is 98.0 Å². The molecule has 1 heterocycles. The van der Waals surface area contributed by atoms with Gasteiger partial charge in [0.15, 0.2) is 5.82 Å². The monoisotopic (exact) mass is 290 g/mol. The molecule has 2 rings (SSSR count). The van der Waals surface area contributed by atoms with Crippen LogP contribution in [0.1, 0.15) is 5.56 Å². The van der Waals surface area contributed by atoms with Crippen molar-refractivity contribution >= 4 is 17.6 Å². The maximum absolute atomic E-state index is 10.1. The van der Waals surface area contributed by atoms with Gasteiger partial charge in [0, 0.05) is 24.2 Å². The molecule has 0 aliphatic carbocycles. The van der Waals surface area contributed by atoms with Crippen LogP contribution in [0.3, 0.4) is 0 Å². The fraction of sp³-hybridized carbons (Fsp3) is 0.286. The molecule has 0 amide bonds. The van der Waals surface area contributed by atoms with E-state index in [4.69, 9.17) is 11.5 Å². The summed E-state index contributed by atoms with van der Waals surface area (Å²) in [5.74, 6) is 0.818. The lowest BCUT2D eigenvalue weighted by atomic mass is 10.0. The Morgan fingerprint density at radius 1 is 1.15 bits per heavy atom. The molecular weight excluding hydrogens is 272 g/mol. The van der Waals surface area contributed by atoms with Crippen molar-refractivity contribution in [3.63, 3.8) is 0 Å². The van der Waals surface area contributed by atoms with Crippen molar-refractivity contribution in [2.24, 2.45) is 5.73 Å². The molecule has 0 saturated heterocycles. The molecule has 2 atom stereocenters. The van der Waals surface area contributed by atoms with Crippen LogP contribution in [0, 0.1) is 0 Å². The molecule has 5 nitrogen and oxygen atoms in total. The Hall–Kier alpha value is -1.63. The molecule has 1 aromatic carbocycles. The number of aliphatic hydroxyl groups excluding tert-OH is 1. The Labute approximate surface area is 122 Å². The van der Waals surface area contributed by atoms with E-state index in [2.05, 4.69) is 9.97 Å². The fourth-order valence-electron chi connectivity index (χ4n) is 1.76. The van der Waals surface area contributed by atoms with Gasteiger partial charge in [-0.1, -0.05) is 42.1 Å². The standard InChI is InChI=1S/C14H18N4OS/c15-11(8-10-4-2-1-3-5-10)12(19)9-20-14-13(16)17-6-7-18-14/h1-7,11-12,19H,8-9,15H2,(H2,16,17). The zero-order valence-corrected chi connectivity index (χ0v) is 11.8. The average Bonchev–Trinajstić information content (AvgIpc) is 2.47. The second kappa shape index (κ2) is 7.23. The highest BCUT2D eigenvalue weighted by Gasteiger charge is 2.16. The number of nitrogens with zero attached hydrogens (tertiary/aromatic N) is 2. The number of hydrogen-bond acceptors (Lipinski definition) is 6. The summed E-state index contributed by atoms with van der Waals surface area (Å²) in [6, 6.07) is 9.56. The maximum atomic E-state index is 10.1. The highest BCUT2D eigenvalue weighted by molar-refractivity contribution is 7.99. The Morgan fingerprint density at radius 3 is 2.55 bits per heavy atom. The third kappa shape index (κ3) is 4.19. The second-order valence-corrected chi connectivity index (χ2v) is 5.49. The van der Waals surface area contributed by atoms with Gasteiger partial charge in [-0.15, -0.1) is 0 Å². The van der Waals surface area contributed by atoms with Crippen molar-refractivity contribution in [2.45, 2.75) is 23.6 Å². The van der Waals surface area contributed by atoms with Crippen molar-refractivity contribution in [1.82, 2.24) is 9.97 Å². The first-order chi connectivity index (χ1) is 9.66. The Balaban J connectivity index is 1.85. The van der Waals surface area contributed by atoms with E-state index in [9.17, 15) is 5.11 Å². The van der Waals surface area contributed by atoms with E-state index in [1.807, 2.05) is 30.3 Å². The van der Waals surface area contributed by atoms with Crippen LogP contribution in [0.15, 0.2) is 47.8 Å². The first kappa shape index (κ1) is 14.8. The number of nitrogens with two attached hydrogens (primary N) is 2. The third-order valence-electron chi connectivity index (χ3n) is 2.89. The lowest BCUT2D eigenvalue weighted by molar-refractivity contribution is 0.167. The van der Waals surface area contributed by atoms with E-state index in [0.29, 0.717) is 23.0 Å². The summed E-state index contributed by atoms with van der Waals surface area (Å²) in [4.78, 5) is 8.07. The van der Waals surface area contributed by atoms with Gasteiger partial charge in [-0.3, -0.25) is 0 Å². The number of anilines is 1. The zero-order chi connectivity index (χ0) is 14.4. The molecule has 106 valence electrons. The fourth-order valence-corrected chi connectivity index (χ4v) is 2.67. The van der Waals surface area contributed by atoms with Crippen LogP contribution in [-0.4, -0.2) is 33.0 Å². The number of aromatic nitrogens is 2. The Morgan fingerprint density at radius 2 is 1.85 bits per heavy atom. The summed E-state index contributed by atoms with van der Waals surface area (Å²) in [5.41, 5.74) is 12.8. The summed E-state index contributed by atoms with van der Waals surface area (Å²) in [7, 11) is 0. The van der Waals surface area contributed by atoms with Crippen LogP contribution < -0.4 is 11.5 Å². The Bertz CT molecular complexity index is 538. The minimum atomic E-state index is -0.624. The van der Waals surface area contributed by atoms with Gasteiger partial charge in [0.1, 0.15) is 5.03 Å². The second-order valence-electron chi connectivity index (χ2n) is 4.48. The molecule has 2 unspecified atom stereocenters. The average molecular weight is 290 g/mol. The molecule has 6 heteroatoms. The lowest BCUT2D eigenvalue weighted by Crippen LogP contribution is -2.38. The van der Waals surface area contributed by atoms with Gasteiger partial charge in [-0.2, -0.15) is 0 Å². The minimum absolute atomic E-state index is 0.317. The highest BCUT2D eigenvalue weighted by Crippen LogP contribution is 2.21. The van der Waals surface area contributed by atoms with Crippen LogP contribution >= 0.6 is 11.8 Å². The van der Waals surface area contributed by atoms with Crippen LogP contribution in [0.2, 0.25) is 0 Å². The highest BCUT2D eigenvalue weighted by atomic mass is 32.2. The quantitative estimate of drug-likeness (QED) is 0.689. The van der Waals surface area contributed by atoms with E-state index in [-0.39, 0.29) is 6.04 Å². The predicted molar refractivity (Wildman–Crippen MR) is 81.3 cm³/mol. The van der Waals surface area contributed by atoms with E-state index in [1.54, 1.807) is 6.20 Å². The van der Waals surface area contributed by atoms with Gasteiger partial charge >= 0.3 is 0 Å². The van der Waals surface area contributed by atoms with Crippen molar-refractivity contribution in [2.75, 3.05) is 11.5 Å². The van der Waals surface area contributed by atoms with Crippen LogP contribution in [0.5, 0.6) is 0 Å². The Kier molecular flexibility index (Phi) is 5.34. The molecule has 0 saturated carbocycles.